The first kappa shape index (κ1) is 17.9. The molecule has 7 nitrogen and oxygen atoms in total. The van der Waals surface area contributed by atoms with E-state index in [-0.39, 0.29) is 12.6 Å². The Kier molecular flexibility index (Phi) is 7.31. The van der Waals surface area contributed by atoms with Gasteiger partial charge in [0.2, 0.25) is 6.23 Å². The molecule has 0 saturated heterocycles. The van der Waals surface area contributed by atoms with Crippen molar-refractivity contribution in [2.75, 3.05) is 20.6 Å². The molecule has 1 amide bonds. The molecule has 0 bridgehead atoms. The van der Waals surface area contributed by atoms with E-state index in [9.17, 15) is 9.59 Å². The minimum atomic E-state index is -0.883. The second kappa shape index (κ2) is 8.99. The molecule has 22 heavy (non-hydrogen) atoms. The van der Waals surface area contributed by atoms with E-state index in [1.165, 1.54) is 11.9 Å². The van der Waals surface area contributed by atoms with Crippen molar-refractivity contribution < 1.29 is 19.1 Å². The summed E-state index contributed by atoms with van der Waals surface area (Å²) in [6.07, 6.45) is 2.21. The molecule has 2 unspecified atom stereocenters. The minimum Gasteiger partial charge on any atom is -0.446 e. The number of nitrogens with zero attached hydrogens (tertiary/aromatic N) is 2. The molecule has 1 N–H and O–H groups in total. The maximum absolute atomic E-state index is 12.1. The highest BCUT2D eigenvalue weighted by Crippen LogP contribution is 2.21. The third-order valence-electron chi connectivity index (χ3n) is 3.05. The third kappa shape index (κ3) is 5.33. The van der Waals surface area contributed by atoms with Crippen LogP contribution in [0.5, 0.6) is 0 Å². The van der Waals surface area contributed by atoms with Crippen molar-refractivity contribution in [1.29, 1.82) is 0 Å². The monoisotopic (exact) mass is 309 g/mol. The molecular formula is C15H23N3O4. The summed E-state index contributed by atoms with van der Waals surface area (Å²) >= 11 is 0. The second-order valence-electron chi connectivity index (χ2n) is 4.87. The summed E-state index contributed by atoms with van der Waals surface area (Å²) in [5.41, 5.74) is 0.593. The Morgan fingerprint density at radius 3 is 2.68 bits per heavy atom. The highest BCUT2D eigenvalue weighted by atomic mass is 16.6. The highest BCUT2D eigenvalue weighted by molar-refractivity contribution is 5.73. The van der Waals surface area contributed by atoms with Gasteiger partial charge in [-0.1, -0.05) is 13.0 Å². The number of hydrogen-bond donors (Lipinski definition) is 1. The number of pyridine rings is 1. The fraction of sp³-hybridized carbons (Fsp3) is 0.533. The molecule has 7 heteroatoms. The summed E-state index contributed by atoms with van der Waals surface area (Å²) in [5.74, 6) is -0.473. The maximum atomic E-state index is 12.1. The topological polar surface area (TPSA) is 80.8 Å². The molecule has 2 atom stereocenters. The zero-order valence-corrected chi connectivity index (χ0v) is 13.4. The van der Waals surface area contributed by atoms with Crippen LogP contribution in [0.15, 0.2) is 24.5 Å². The molecule has 0 aliphatic rings. The van der Waals surface area contributed by atoms with Gasteiger partial charge in [0, 0.05) is 25.0 Å². The molecular weight excluding hydrogens is 286 g/mol. The first-order valence-electron chi connectivity index (χ1n) is 7.17. The molecule has 0 aliphatic heterocycles. The highest BCUT2D eigenvalue weighted by Gasteiger charge is 2.27. The molecule has 0 aromatic carbocycles. The van der Waals surface area contributed by atoms with E-state index in [1.54, 1.807) is 38.5 Å². The van der Waals surface area contributed by atoms with Crippen molar-refractivity contribution >= 4 is 12.1 Å². The van der Waals surface area contributed by atoms with Crippen LogP contribution in [-0.4, -0.2) is 48.7 Å². The van der Waals surface area contributed by atoms with Gasteiger partial charge in [-0.15, -0.1) is 0 Å². The van der Waals surface area contributed by atoms with Crippen LogP contribution in [0.4, 0.5) is 4.79 Å². The van der Waals surface area contributed by atoms with E-state index >= 15 is 0 Å². The number of rotatable bonds is 7. The van der Waals surface area contributed by atoms with Crippen LogP contribution in [0, 0.1) is 0 Å². The van der Waals surface area contributed by atoms with Gasteiger partial charge in [0.05, 0.1) is 6.54 Å². The van der Waals surface area contributed by atoms with E-state index in [2.05, 4.69) is 10.3 Å². The average molecular weight is 309 g/mol. The molecule has 0 aliphatic carbocycles. The number of hydrogen-bond acceptors (Lipinski definition) is 6. The van der Waals surface area contributed by atoms with Gasteiger partial charge in [-0.25, -0.2) is 4.79 Å². The predicted molar refractivity (Wildman–Crippen MR) is 81.0 cm³/mol. The van der Waals surface area contributed by atoms with Crippen molar-refractivity contribution in [2.24, 2.45) is 0 Å². The van der Waals surface area contributed by atoms with Gasteiger partial charge in [-0.3, -0.25) is 14.7 Å². The Bertz CT molecular complexity index is 481. The summed E-state index contributed by atoms with van der Waals surface area (Å²) in [6.45, 7) is 3.77. The predicted octanol–water partition coefficient (Wildman–Crippen LogP) is 1.71. The zero-order valence-electron chi connectivity index (χ0n) is 13.4. The van der Waals surface area contributed by atoms with E-state index in [4.69, 9.17) is 9.47 Å². The quantitative estimate of drug-likeness (QED) is 0.610. The van der Waals surface area contributed by atoms with Crippen molar-refractivity contribution in [3.63, 3.8) is 0 Å². The smallest absolute Gasteiger partial charge is 0.412 e. The summed E-state index contributed by atoms with van der Waals surface area (Å²) in [5, 5.41) is 2.71. The molecule has 0 fully saturated rings. The van der Waals surface area contributed by atoms with E-state index in [0.717, 1.165) is 0 Å². The van der Waals surface area contributed by atoms with Crippen molar-refractivity contribution in [1.82, 2.24) is 15.2 Å². The van der Waals surface area contributed by atoms with E-state index in [1.807, 2.05) is 6.92 Å². The minimum absolute atomic E-state index is 0.0466. The molecule has 122 valence electrons. The second-order valence-corrected chi connectivity index (χ2v) is 4.87. The fourth-order valence-electron chi connectivity index (χ4n) is 1.64. The maximum Gasteiger partial charge on any atom is 0.412 e. The summed E-state index contributed by atoms with van der Waals surface area (Å²) in [6, 6.07) is 3.44. The summed E-state index contributed by atoms with van der Waals surface area (Å²) in [4.78, 5) is 29.1. The number of likely N-dealkylation sites (N-methyl/N-ethyl adjacent to an activating group) is 1. The first-order chi connectivity index (χ1) is 10.5. The number of amides is 1. The van der Waals surface area contributed by atoms with Gasteiger partial charge in [-0.05, 0) is 26.5 Å². The van der Waals surface area contributed by atoms with Crippen molar-refractivity contribution in [3.8, 4) is 0 Å². The van der Waals surface area contributed by atoms with Crippen LogP contribution in [0.25, 0.3) is 0 Å². The van der Waals surface area contributed by atoms with Gasteiger partial charge in [0.15, 0.2) is 0 Å². The Morgan fingerprint density at radius 2 is 2.14 bits per heavy atom. The van der Waals surface area contributed by atoms with Crippen LogP contribution in [0.2, 0.25) is 0 Å². The van der Waals surface area contributed by atoms with E-state index in [0.29, 0.717) is 12.0 Å². The zero-order chi connectivity index (χ0) is 16.5. The molecule has 1 heterocycles. The lowest BCUT2D eigenvalue weighted by Gasteiger charge is -2.28. The van der Waals surface area contributed by atoms with Crippen LogP contribution < -0.4 is 5.32 Å². The van der Waals surface area contributed by atoms with Crippen LogP contribution in [0.1, 0.15) is 32.1 Å². The lowest BCUT2D eigenvalue weighted by Crippen LogP contribution is -2.37. The number of esters is 1. The number of carbonyl (C=O) groups is 2. The molecule has 0 saturated carbocycles. The molecule has 0 spiro atoms. The Morgan fingerprint density at radius 1 is 1.41 bits per heavy atom. The number of aromatic nitrogens is 1. The van der Waals surface area contributed by atoms with Gasteiger partial charge >= 0.3 is 12.1 Å². The normalized spacial score (nSPS) is 13.1. The van der Waals surface area contributed by atoms with Crippen LogP contribution in [0.3, 0.4) is 0 Å². The van der Waals surface area contributed by atoms with Gasteiger partial charge in [0.25, 0.3) is 0 Å². The Hall–Kier alpha value is -2.15. The van der Waals surface area contributed by atoms with Gasteiger partial charge in [-0.2, -0.15) is 0 Å². The number of nitrogens with one attached hydrogen (secondary N) is 1. The van der Waals surface area contributed by atoms with Crippen LogP contribution in [-0.2, 0) is 14.3 Å². The van der Waals surface area contributed by atoms with Crippen LogP contribution >= 0.6 is 0 Å². The fourth-order valence-corrected chi connectivity index (χ4v) is 1.64. The lowest BCUT2D eigenvalue weighted by molar-refractivity contribution is -0.156. The first-order valence-corrected chi connectivity index (χ1v) is 7.17. The average Bonchev–Trinajstić information content (AvgIpc) is 2.52. The Labute approximate surface area is 130 Å². The number of ether oxygens (including phenoxy) is 2. The van der Waals surface area contributed by atoms with Crippen molar-refractivity contribution in [3.05, 3.63) is 30.1 Å². The standard InChI is InChI=1S/C15H23N3O4/c1-5-11(2)21-15(20)18(4)14(22-13(19)10-16-3)12-7-6-8-17-9-12/h6-9,11,14,16H,5,10H2,1-4H3. The SMILES string of the molecule is CCC(C)OC(=O)N(C)C(OC(=O)CNC)c1cccnc1. The number of carbonyl (C=O) groups excluding carboxylic acids is 2. The lowest BCUT2D eigenvalue weighted by atomic mass is 10.2. The molecule has 0 radical (unpaired) electrons. The van der Waals surface area contributed by atoms with Gasteiger partial charge in [0.1, 0.15) is 6.10 Å². The molecule has 1 aromatic heterocycles. The molecule has 1 aromatic rings. The van der Waals surface area contributed by atoms with Crippen molar-refractivity contribution in [2.45, 2.75) is 32.6 Å². The molecule has 1 rings (SSSR count). The summed E-state index contributed by atoms with van der Waals surface area (Å²) in [7, 11) is 3.16. The van der Waals surface area contributed by atoms with Gasteiger partial charge < -0.3 is 14.8 Å². The Balaban J connectivity index is 2.89. The largest absolute Gasteiger partial charge is 0.446 e. The summed E-state index contributed by atoms with van der Waals surface area (Å²) < 4.78 is 10.6. The van der Waals surface area contributed by atoms with E-state index < -0.39 is 18.3 Å². The third-order valence-corrected chi connectivity index (χ3v) is 3.05.